The van der Waals surface area contributed by atoms with E-state index in [1.807, 2.05) is 36.2 Å². The van der Waals surface area contributed by atoms with Gasteiger partial charge in [-0.3, -0.25) is 0 Å². The van der Waals surface area contributed by atoms with Crippen molar-refractivity contribution in [3.63, 3.8) is 0 Å². The lowest BCUT2D eigenvalue weighted by atomic mass is 10.1. The number of aliphatic hydroxyl groups excluding tert-OH is 1. The molecule has 0 saturated carbocycles. The summed E-state index contributed by atoms with van der Waals surface area (Å²) in [5.41, 5.74) is 0.0302. The molecule has 1 aromatic heterocycles. The summed E-state index contributed by atoms with van der Waals surface area (Å²) < 4.78 is 0. The maximum atomic E-state index is 11.2. The number of fused-ring (bicyclic) bond motifs is 1. The smallest absolute Gasteiger partial charge is 0.354 e. The topological polar surface area (TPSA) is 73.7 Å². The molecule has 0 aliphatic rings. The molecule has 1 heterocycles. The zero-order valence-corrected chi connectivity index (χ0v) is 11.6. The summed E-state index contributed by atoms with van der Waals surface area (Å²) in [6.45, 7) is 2.34. The molecule has 1 atom stereocenters. The number of nitrogens with zero attached hydrogens (tertiary/aromatic N) is 2. The van der Waals surface area contributed by atoms with E-state index in [4.69, 9.17) is 5.11 Å². The normalized spacial score (nSPS) is 12.3. The van der Waals surface area contributed by atoms with Crippen LogP contribution < -0.4 is 4.90 Å². The fourth-order valence-electron chi connectivity index (χ4n) is 2.07. The van der Waals surface area contributed by atoms with Gasteiger partial charge in [0.1, 0.15) is 5.82 Å². The number of carboxylic acid groups (broad SMARTS) is 1. The molecule has 0 saturated heterocycles. The van der Waals surface area contributed by atoms with Crippen LogP contribution in [0.15, 0.2) is 30.3 Å². The highest BCUT2D eigenvalue weighted by Crippen LogP contribution is 2.25. The molecule has 2 N–H and O–H groups in total. The molecule has 0 fully saturated rings. The van der Waals surface area contributed by atoms with Crippen LogP contribution in [0.3, 0.4) is 0 Å². The number of carboxylic acids is 1. The number of aromatic carboxylic acids is 1. The number of benzene rings is 1. The zero-order chi connectivity index (χ0) is 14.7. The van der Waals surface area contributed by atoms with Crippen LogP contribution in [-0.2, 0) is 0 Å². The van der Waals surface area contributed by atoms with Crippen LogP contribution in [0.5, 0.6) is 0 Å². The Bertz CT molecular complexity index is 626. The van der Waals surface area contributed by atoms with Crippen LogP contribution in [0.2, 0.25) is 0 Å². The Kier molecular flexibility index (Phi) is 4.20. The molecule has 0 spiro atoms. The van der Waals surface area contributed by atoms with Gasteiger partial charge in [0.25, 0.3) is 0 Å². The highest BCUT2D eigenvalue weighted by Gasteiger charge is 2.14. The van der Waals surface area contributed by atoms with E-state index in [9.17, 15) is 9.90 Å². The Morgan fingerprint density at radius 1 is 1.40 bits per heavy atom. The number of anilines is 1. The average Bonchev–Trinajstić information content (AvgIpc) is 2.43. The van der Waals surface area contributed by atoms with Crippen molar-refractivity contribution in [2.24, 2.45) is 0 Å². The van der Waals surface area contributed by atoms with Crippen molar-refractivity contribution in [3.05, 3.63) is 36.0 Å². The average molecular weight is 274 g/mol. The maximum absolute atomic E-state index is 11.2. The van der Waals surface area contributed by atoms with E-state index in [1.54, 1.807) is 13.0 Å². The fourth-order valence-corrected chi connectivity index (χ4v) is 2.07. The molecule has 5 heteroatoms. The van der Waals surface area contributed by atoms with Gasteiger partial charge in [-0.15, -0.1) is 0 Å². The van der Waals surface area contributed by atoms with Crippen LogP contribution in [0, 0.1) is 0 Å². The molecule has 5 nitrogen and oxygen atoms in total. The summed E-state index contributed by atoms with van der Waals surface area (Å²) in [5.74, 6) is -0.415. The van der Waals surface area contributed by atoms with Crippen molar-refractivity contribution in [3.8, 4) is 0 Å². The predicted octanol–water partition coefficient (Wildman–Crippen LogP) is 2.14. The van der Waals surface area contributed by atoms with Gasteiger partial charge in [0, 0.05) is 19.0 Å². The Labute approximate surface area is 117 Å². The van der Waals surface area contributed by atoms with Gasteiger partial charge in [-0.1, -0.05) is 24.3 Å². The minimum absolute atomic E-state index is 0.0302. The molecule has 0 aliphatic heterocycles. The van der Waals surface area contributed by atoms with E-state index in [0.717, 1.165) is 10.8 Å². The molecule has 2 aromatic rings. The molecule has 0 bridgehead atoms. The van der Waals surface area contributed by atoms with E-state index in [1.165, 1.54) is 0 Å². The number of hydrogen-bond donors (Lipinski definition) is 2. The first kappa shape index (κ1) is 14.3. The first-order valence-corrected chi connectivity index (χ1v) is 6.51. The zero-order valence-electron chi connectivity index (χ0n) is 11.6. The number of aromatic nitrogens is 1. The molecule has 20 heavy (non-hydrogen) atoms. The molecular weight excluding hydrogens is 256 g/mol. The van der Waals surface area contributed by atoms with E-state index in [-0.39, 0.29) is 5.69 Å². The van der Waals surface area contributed by atoms with Crippen molar-refractivity contribution < 1.29 is 15.0 Å². The van der Waals surface area contributed by atoms with Crippen molar-refractivity contribution in [2.45, 2.75) is 19.4 Å². The lowest BCUT2D eigenvalue weighted by molar-refractivity contribution is 0.0690. The van der Waals surface area contributed by atoms with Crippen LogP contribution in [0.4, 0.5) is 5.82 Å². The second kappa shape index (κ2) is 5.88. The van der Waals surface area contributed by atoms with Gasteiger partial charge >= 0.3 is 5.97 Å². The van der Waals surface area contributed by atoms with E-state index in [0.29, 0.717) is 18.8 Å². The quantitative estimate of drug-likeness (QED) is 0.873. The van der Waals surface area contributed by atoms with Crippen LogP contribution in [0.1, 0.15) is 23.8 Å². The third kappa shape index (κ3) is 3.05. The summed E-state index contributed by atoms with van der Waals surface area (Å²) in [5, 5.41) is 20.3. The second-order valence-electron chi connectivity index (χ2n) is 4.92. The molecule has 1 aromatic carbocycles. The Balaban J connectivity index is 2.46. The monoisotopic (exact) mass is 274 g/mol. The summed E-state index contributed by atoms with van der Waals surface area (Å²) in [7, 11) is 1.85. The number of carbonyl (C=O) groups is 1. The van der Waals surface area contributed by atoms with Crippen LogP contribution in [0.25, 0.3) is 10.8 Å². The summed E-state index contributed by atoms with van der Waals surface area (Å²) >= 11 is 0. The first-order valence-electron chi connectivity index (χ1n) is 6.51. The van der Waals surface area contributed by atoms with E-state index in [2.05, 4.69) is 4.98 Å². The minimum Gasteiger partial charge on any atom is -0.477 e. The molecule has 0 aliphatic carbocycles. The van der Waals surface area contributed by atoms with Crippen LogP contribution >= 0.6 is 0 Å². The van der Waals surface area contributed by atoms with E-state index >= 15 is 0 Å². The summed E-state index contributed by atoms with van der Waals surface area (Å²) in [6.07, 6.45) is 0.204. The third-order valence-electron chi connectivity index (χ3n) is 3.18. The Hall–Kier alpha value is -2.14. The summed E-state index contributed by atoms with van der Waals surface area (Å²) in [4.78, 5) is 17.3. The van der Waals surface area contributed by atoms with Gasteiger partial charge in [0.2, 0.25) is 0 Å². The number of hydrogen-bond acceptors (Lipinski definition) is 4. The second-order valence-corrected chi connectivity index (χ2v) is 4.92. The molecule has 0 radical (unpaired) electrons. The van der Waals surface area contributed by atoms with Crippen LogP contribution in [-0.4, -0.2) is 40.9 Å². The molecule has 106 valence electrons. The van der Waals surface area contributed by atoms with Crippen molar-refractivity contribution in [1.82, 2.24) is 4.98 Å². The predicted molar refractivity (Wildman–Crippen MR) is 78.3 cm³/mol. The Morgan fingerprint density at radius 3 is 2.75 bits per heavy atom. The van der Waals surface area contributed by atoms with Gasteiger partial charge in [0.15, 0.2) is 5.69 Å². The molecule has 1 unspecified atom stereocenters. The van der Waals surface area contributed by atoms with Crippen molar-refractivity contribution in [1.29, 1.82) is 0 Å². The molecule has 2 rings (SSSR count). The minimum atomic E-state index is -1.04. The number of rotatable bonds is 5. The lowest BCUT2D eigenvalue weighted by Gasteiger charge is -2.21. The molecular formula is C15H18N2O3. The van der Waals surface area contributed by atoms with Gasteiger partial charge in [-0.2, -0.15) is 0 Å². The van der Waals surface area contributed by atoms with Crippen molar-refractivity contribution >= 4 is 22.6 Å². The highest BCUT2D eigenvalue weighted by atomic mass is 16.4. The van der Waals surface area contributed by atoms with Gasteiger partial charge in [-0.05, 0) is 24.8 Å². The van der Waals surface area contributed by atoms with Crippen molar-refractivity contribution in [2.75, 3.05) is 18.5 Å². The summed E-state index contributed by atoms with van der Waals surface area (Å²) in [6, 6.07) is 9.13. The first-order chi connectivity index (χ1) is 9.49. The van der Waals surface area contributed by atoms with E-state index < -0.39 is 12.1 Å². The van der Waals surface area contributed by atoms with Gasteiger partial charge in [-0.25, -0.2) is 9.78 Å². The van der Waals surface area contributed by atoms with Gasteiger partial charge in [0.05, 0.1) is 6.10 Å². The third-order valence-corrected chi connectivity index (χ3v) is 3.18. The standard InChI is InChI=1S/C15H18N2O3/c1-10(18)7-8-17(2)14-12-6-4-3-5-11(12)9-13(16-14)15(19)20/h3-6,9-10,18H,7-8H2,1-2H3,(H,19,20). The largest absolute Gasteiger partial charge is 0.477 e. The fraction of sp³-hybridized carbons (Fsp3) is 0.333. The lowest BCUT2D eigenvalue weighted by Crippen LogP contribution is -2.23. The number of pyridine rings is 1. The molecule has 0 amide bonds. The number of aliphatic hydroxyl groups is 1. The van der Waals surface area contributed by atoms with Gasteiger partial charge < -0.3 is 15.1 Å². The maximum Gasteiger partial charge on any atom is 0.354 e. The SMILES string of the molecule is CC(O)CCN(C)c1nc(C(=O)O)cc2ccccc12. The highest BCUT2D eigenvalue weighted by molar-refractivity contribution is 5.97. The Morgan fingerprint density at radius 2 is 2.10 bits per heavy atom.